The summed E-state index contributed by atoms with van der Waals surface area (Å²) in [6, 6.07) is 1.89. The average molecular weight is 261 g/mol. The summed E-state index contributed by atoms with van der Waals surface area (Å²) in [5, 5.41) is 0.561. The highest BCUT2D eigenvalue weighted by Crippen LogP contribution is 2.22. The molecule has 0 radical (unpaired) electrons. The van der Waals surface area contributed by atoms with Crippen LogP contribution in [-0.4, -0.2) is 28.3 Å². The van der Waals surface area contributed by atoms with Crippen LogP contribution in [0.1, 0.15) is 26.3 Å². The van der Waals surface area contributed by atoms with Crippen molar-refractivity contribution in [1.29, 1.82) is 0 Å². The summed E-state index contributed by atoms with van der Waals surface area (Å²) in [4.78, 5) is 20.8. The molecule has 0 fully saturated rings. The summed E-state index contributed by atoms with van der Waals surface area (Å²) < 4.78 is 6.54. The molecule has 0 aliphatic heterocycles. The lowest BCUT2D eigenvalue weighted by atomic mass is 9.88. The molecule has 0 aliphatic carbocycles. The molecule has 2 aromatic rings. The minimum absolute atomic E-state index is 0.0408. The van der Waals surface area contributed by atoms with Crippen LogP contribution in [-0.2, 0) is 16.7 Å². The molecule has 0 unspecified atom stereocenters. The van der Waals surface area contributed by atoms with Crippen LogP contribution in [0.5, 0.6) is 0 Å². The Morgan fingerprint density at radius 3 is 2.68 bits per heavy atom. The predicted molar refractivity (Wildman–Crippen MR) is 74.4 cm³/mol. The van der Waals surface area contributed by atoms with E-state index in [0.717, 1.165) is 5.56 Å². The van der Waals surface area contributed by atoms with Gasteiger partial charge in [-0.05, 0) is 17.0 Å². The van der Waals surface area contributed by atoms with E-state index in [2.05, 4.69) is 30.7 Å². The number of methoxy groups -OCH3 is 1. The van der Waals surface area contributed by atoms with Gasteiger partial charge in [-0.15, -0.1) is 0 Å². The summed E-state index contributed by atoms with van der Waals surface area (Å²) >= 11 is 0. The van der Waals surface area contributed by atoms with Crippen molar-refractivity contribution in [1.82, 2.24) is 14.5 Å². The zero-order valence-corrected chi connectivity index (χ0v) is 11.8. The smallest absolute Gasteiger partial charge is 0.262 e. The molecule has 2 aromatic heterocycles. The fourth-order valence-electron chi connectivity index (χ4n) is 1.81. The highest BCUT2D eigenvalue weighted by Gasteiger charge is 2.16. The Morgan fingerprint density at radius 1 is 1.32 bits per heavy atom. The fraction of sp³-hybridized carbons (Fsp3) is 0.500. The minimum Gasteiger partial charge on any atom is -0.383 e. The van der Waals surface area contributed by atoms with Crippen LogP contribution in [0.15, 0.2) is 23.4 Å². The molecular formula is C14H19N3O2. The lowest BCUT2D eigenvalue weighted by Gasteiger charge is -2.18. The molecule has 5 nitrogen and oxygen atoms in total. The van der Waals surface area contributed by atoms with Gasteiger partial charge in [-0.2, -0.15) is 0 Å². The van der Waals surface area contributed by atoms with E-state index in [9.17, 15) is 4.79 Å². The van der Waals surface area contributed by atoms with Crippen molar-refractivity contribution < 1.29 is 4.74 Å². The highest BCUT2D eigenvalue weighted by molar-refractivity contribution is 5.73. The normalized spacial score (nSPS) is 12.0. The molecule has 0 aromatic carbocycles. The van der Waals surface area contributed by atoms with Crippen molar-refractivity contribution in [2.75, 3.05) is 13.7 Å². The van der Waals surface area contributed by atoms with E-state index in [0.29, 0.717) is 24.2 Å². The van der Waals surface area contributed by atoms with Gasteiger partial charge in [-0.1, -0.05) is 20.8 Å². The summed E-state index contributed by atoms with van der Waals surface area (Å²) in [6.07, 6.45) is 3.31. The number of aromatic nitrogens is 3. The number of hydrogen-bond acceptors (Lipinski definition) is 4. The third-order valence-electron chi connectivity index (χ3n) is 3.08. The first-order chi connectivity index (χ1) is 8.93. The van der Waals surface area contributed by atoms with E-state index in [1.807, 2.05) is 6.07 Å². The second-order valence-electron chi connectivity index (χ2n) is 5.58. The molecule has 2 heterocycles. The van der Waals surface area contributed by atoms with E-state index in [4.69, 9.17) is 4.74 Å². The molecule has 0 aliphatic rings. The Morgan fingerprint density at radius 2 is 2.05 bits per heavy atom. The Bertz CT molecular complexity index is 641. The number of ether oxygens (including phenoxy) is 1. The summed E-state index contributed by atoms with van der Waals surface area (Å²) in [5.74, 6) is 0. The van der Waals surface area contributed by atoms with Gasteiger partial charge in [0, 0.05) is 13.3 Å². The molecule has 0 N–H and O–H groups in total. The number of rotatable bonds is 3. The Kier molecular flexibility index (Phi) is 3.66. The van der Waals surface area contributed by atoms with Gasteiger partial charge < -0.3 is 4.74 Å². The lowest BCUT2D eigenvalue weighted by molar-refractivity contribution is 0.186. The van der Waals surface area contributed by atoms with Gasteiger partial charge in [0.05, 0.1) is 18.5 Å². The van der Waals surface area contributed by atoms with Crippen molar-refractivity contribution in [2.24, 2.45) is 0 Å². The second-order valence-corrected chi connectivity index (χ2v) is 5.58. The van der Waals surface area contributed by atoms with E-state index in [-0.39, 0.29) is 11.0 Å². The molecule has 0 saturated heterocycles. The first-order valence-electron chi connectivity index (χ1n) is 6.28. The van der Waals surface area contributed by atoms with Crippen molar-refractivity contribution in [3.05, 3.63) is 34.5 Å². The second kappa shape index (κ2) is 5.09. The molecule has 0 spiro atoms. The van der Waals surface area contributed by atoms with Crippen molar-refractivity contribution in [3.8, 4) is 0 Å². The fourth-order valence-corrected chi connectivity index (χ4v) is 1.81. The van der Waals surface area contributed by atoms with Crippen LogP contribution in [0.25, 0.3) is 11.0 Å². The lowest BCUT2D eigenvalue weighted by Crippen LogP contribution is -2.23. The molecule has 0 atom stereocenters. The Balaban J connectivity index is 2.56. The van der Waals surface area contributed by atoms with Crippen LogP contribution < -0.4 is 5.56 Å². The van der Waals surface area contributed by atoms with Crippen LogP contribution in [0.2, 0.25) is 0 Å². The van der Waals surface area contributed by atoms with E-state index in [1.54, 1.807) is 17.9 Å². The highest BCUT2D eigenvalue weighted by atomic mass is 16.5. The average Bonchev–Trinajstić information content (AvgIpc) is 2.37. The van der Waals surface area contributed by atoms with Gasteiger partial charge in [0.1, 0.15) is 6.33 Å². The maximum Gasteiger partial charge on any atom is 0.262 e. The third kappa shape index (κ3) is 2.81. The topological polar surface area (TPSA) is 57.0 Å². The number of nitrogens with zero attached hydrogens (tertiary/aromatic N) is 3. The first-order valence-corrected chi connectivity index (χ1v) is 6.28. The Hall–Kier alpha value is -1.75. The molecule has 2 rings (SSSR count). The van der Waals surface area contributed by atoms with Gasteiger partial charge in [0.2, 0.25) is 0 Å². The predicted octanol–water partition coefficient (Wildman–Crippen LogP) is 1.74. The van der Waals surface area contributed by atoms with Crippen molar-refractivity contribution >= 4 is 11.0 Å². The van der Waals surface area contributed by atoms with Crippen molar-refractivity contribution in [2.45, 2.75) is 32.7 Å². The molecule has 0 saturated carbocycles. The zero-order valence-electron chi connectivity index (χ0n) is 11.8. The SMILES string of the molecule is COCCn1cnc2ncc(C(C)(C)C)cc2c1=O. The van der Waals surface area contributed by atoms with Crippen molar-refractivity contribution in [3.63, 3.8) is 0 Å². The van der Waals surface area contributed by atoms with Gasteiger partial charge in [-0.25, -0.2) is 9.97 Å². The van der Waals surface area contributed by atoms with Crippen LogP contribution in [0.4, 0.5) is 0 Å². The van der Waals surface area contributed by atoms with Crippen LogP contribution in [0, 0.1) is 0 Å². The largest absolute Gasteiger partial charge is 0.383 e. The number of fused-ring (bicyclic) bond motifs is 1. The number of pyridine rings is 1. The summed E-state index contributed by atoms with van der Waals surface area (Å²) in [7, 11) is 1.61. The molecule has 0 bridgehead atoms. The van der Waals surface area contributed by atoms with Crippen LogP contribution in [0.3, 0.4) is 0 Å². The Labute approximate surface area is 112 Å². The quantitative estimate of drug-likeness (QED) is 0.844. The van der Waals surface area contributed by atoms with Gasteiger partial charge in [0.15, 0.2) is 5.65 Å². The molecule has 102 valence electrons. The standard InChI is InChI=1S/C14H19N3O2/c1-14(2,3)10-7-11-12(15-8-10)16-9-17(13(11)18)5-6-19-4/h7-9H,5-6H2,1-4H3. The monoisotopic (exact) mass is 261 g/mol. The summed E-state index contributed by atoms with van der Waals surface area (Å²) in [6.45, 7) is 7.26. The van der Waals surface area contributed by atoms with Crippen LogP contribution >= 0.6 is 0 Å². The minimum atomic E-state index is -0.0688. The van der Waals surface area contributed by atoms with Gasteiger partial charge in [0.25, 0.3) is 5.56 Å². The third-order valence-corrected chi connectivity index (χ3v) is 3.08. The van der Waals surface area contributed by atoms with E-state index >= 15 is 0 Å². The van der Waals surface area contributed by atoms with Gasteiger partial charge in [-0.3, -0.25) is 9.36 Å². The maximum atomic E-state index is 12.3. The molecule has 19 heavy (non-hydrogen) atoms. The molecule has 5 heteroatoms. The number of hydrogen-bond donors (Lipinski definition) is 0. The zero-order chi connectivity index (χ0) is 14.0. The summed E-state index contributed by atoms with van der Waals surface area (Å²) in [5.41, 5.74) is 1.41. The molecular weight excluding hydrogens is 242 g/mol. The van der Waals surface area contributed by atoms with E-state index < -0.39 is 0 Å². The maximum absolute atomic E-state index is 12.3. The van der Waals surface area contributed by atoms with Gasteiger partial charge >= 0.3 is 0 Å². The molecule has 0 amide bonds. The first kappa shape index (κ1) is 13.7. The van der Waals surface area contributed by atoms with E-state index in [1.165, 1.54) is 6.33 Å².